The van der Waals surface area contributed by atoms with Crippen LogP contribution in [0.2, 0.25) is 0 Å². The SMILES string of the molecule is CN1CC(=O)N(CCCC(=O)NN)CC1=O. The number of amides is 3. The number of hydrogen-bond acceptors (Lipinski definition) is 4. The van der Waals surface area contributed by atoms with Gasteiger partial charge in [-0.15, -0.1) is 0 Å². The average Bonchev–Trinajstić information content (AvgIpc) is 2.25. The van der Waals surface area contributed by atoms with Gasteiger partial charge in [0.05, 0.1) is 13.1 Å². The maximum atomic E-state index is 11.5. The largest absolute Gasteiger partial charge is 0.335 e. The number of piperazine rings is 1. The van der Waals surface area contributed by atoms with E-state index in [1.54, 1.807) is 7.05 Å². The van der Waals surface area contributed by atoms with Crippen LogP contribution >= 0.6 is 0 Å². The van der Waals surface area contributed by atoms with E-state index in [2.05, 4.69) is 0 Å². The Morgan fingerprint density at radius 1 is 1.38 bits per heavy atom. The van der Waals surface area contributed by atoms with Crippen LogP contribution in [0.5, 0.6) is 0 Å². The lowest BCUT2D eigenvalue weighted by atomic mass is 10.2. The predicted molar refractivity (Wildman–Crippen MR) is 55.8 cm³/mol. The van der Waals surface area contributed by atoms with Gasteiger partial charge in [0.1, 0.15) is 0 Å². The van der Waals surface area contributed by atoms with Gasteiger partial charge in [-0.1, -0.05) is 0 Å². The fourth-order valence-electron chi connectivity index (χ4n) is 1.47. The van der Waals surface area contributed by atoms with E-state index in [1.165, 1.54) is 9.80 Å². The summed E-state index contributed by atoms with van der Waals surface area (Å²) in [4.78, 5) is 36.5. The summed E-state index contributed by atoms with van der Waals surface area (Å²) in [7, 11) is 1.60. The Bertz CT molecular complexity index is 305. The second-order valence-electron chi connectivity index (χ2n) is 3.74. The molecule has 0 unspecified atom stereocenters. The summed E-state index contributed by atoms with van der Waals surface area (Å²) in [6.45, 7) is 0.618. The first-order valence-electron chi connectivity index (χ1n) is 5.05. The number of carbonyl (C=O) groups excluding carboxylic acids is 3. The molecule has 3 amide bonds. The van der Waals surface area contributed by atoms with Crippen LogP contribution in [0.4, 0.5) is 0 Å². The predicted octanol–water partition coefficient (Wildman–Crippen LogP) is -1.94. The fraction of sp³-hybridized carbons (Fsp3) is 0.667. The number of likely N-dealkylation sites (N-methyl/N-ethyl adjacent to an activating group) is 1. The van der Waals surface area contributed by atoms with Crippen LogP contribution in [0.1, 0.15) is 12.8 Å². The van der Waals surface area contributed by atoms with Gasteiger partial charge in [-0.05, 0) is 6.42 Å². The molecule has 1 aliphatic heterocycles. The highest BCUT2D eigenvalue weighted by molar-refractivity contribution is 5.92. The highest BCUT2D eigenvalue weighted by atomic mass is 16.2. The standard InChI is InChI=1S/C9H16N4O3/c1-12-5-9(16)13(6-8(12)15)4-2-3-7(14)11-10/h2-6,10H2,1H3,(H,11,14). The lowest BCUT2D eigenvalue weighted by Gasteiger charge is -2.31. The van der Waals surface area contributed by atoms with Gasteiger partial charge in [-0.25, -0.2) is 5.84 Å². The van der Waals surface area contributed by atoms with Crippen molar-refractivity contribution in [2.75, 3.05) is 26.7 Å². The molecule has 0 radical (unpaired) electrons. The van der Waals surface area contributed by atoms with Crippen LogP contribution in [-0.4, -0.2) is 54.2 Å². The molecule has 7 nitrogen and oxygen atoms in total. The van der Waals surface area contributed by atoms with E-state index in [0.717, 1.165) is 0 Å². The summed E-state index contributed by atoms with van der Waals surface area (Å²) in [5, 5.41) is 0. The molecule has 1 aliphatic rings. The van der Waals surface area contributed by atoms with E-state index in [-0.39, 0.29) is 37.2 Å². The first-order valence-corrected chi connectivity index (χ1v) is 5.05. The van der Waals surface area contributed by atoms with Gasteiger partial charge in [0, 0.05) is 20.0 Å². The summed E-state index contributed by atoms with van der Waals surface area (Å²) in [6, 6.07) is 0. The smallest absolute Gasteiger partial charge is 0.242 e. The zero-order valence-corrected chi connectivity index (χ0v) is 9.23. The van der Waals surface area contributed by atoms with Crippen LogP contribution in [0.15, 0.2) is 0 Å². The molecular formula is C9H16N4O3. The third-order valence-electron chi connectivity index (χ3n) is 2.47. The minimum Gasteiger partial charge on any atom is -0.335 e. The monoisotopic (exact) mass is 228 g/mol. The van der Waals surface area contributed by atoms with E-state index >= 15 is 0 Å². The molecule has 7 heteroatoms. The lowest BCUT2D eigenvalue weighted by Crippen LogP contribution is -2.52. The van der Waals surface area contributed by atoms with Crippen molar-refractivity contribution in [1.29, 1.82) is 0 Å². The molecule has 1 saturated heterocycles. The number of rotatable bonds is 4. The first-order chi connectivity index (χ1) is 7.54. The quantitative estimate of drug-likeness (QED) is 0.332. The van der Waals surface area contributed by atoms with Crippen LogP contribution in [-0.2, 0) is 14.4 Å². The van der Waals surface area contributed by atoms with Crippen LogP contribution in [0.3, 0.4) is 0 Å². The van der Waals surface area contributed by atoms with Gasteiger partial charge in [-0.2, -0.15) is 0 Å². The molecule has 0 saturated carbocycles. The van der Waals surface area contributed by atoms with Crippen molar-refractivity contribution in [3.8, 4) is 0 Å². The molecule has 1 heterocycles. The molecule has 1 rings (SSSR count). The first kappa shape index (κ1) is 12.4. The highest BCUT2D eigenvalue weighted by Crippen LogP contribution is 2.04. The summed E-state index contributed by atoms with van der Waals surface area (Å²) in [5.41, 5.74) is 2.01. The van der Waals surface area contributed by atoms with Crippen LogP contribution in [0, 0.1) is 0 Å². The molecule has 0 aromatic rings. The molecule has 90 valence electrons. The zero-order chi connectivity index (χ0) is 12.1. The number of nitrogens with two attached hydrogens (primary N) is 1. The number of carbonyl (C=O) groups is 3. The van der Waals surface area contributed by atoms with Gasteiger partial charge in [0.25, 0.3) is 0 Å². The zero-order valence-electron chi connectivity index (χ0n) is 9.23. The van der Waals surface area contributed by atoms with Crippen molar-refractivity contribution in [1.82, 2.24) is 15.2 Å². The molecule has 0 aromatic carbocycles. The molecule has 0 aromatic heterocycles. The van der Waals surface area contributed by atoms with Crippen molar-refractivity contribution in [3.05, 3.63) is 0 Å². The molecule has 1 fully saturated rings. The van der Waals surface area contributed by atoms with Crippen molar-refractivity contribution in [2.24, 2.45) is 5.84 Å². The van der Waals surface area contributed by atoms with E-state index in [4.69, 9.17) is 5.84 Å². The molecule has 16 heavy (non-hydrogen) atoms. The Morgan fingerprint density at radius 2 is 2.06 bits per heavy atom. The maximum Gasteiger partial charge on any atom is 0.242 e. The molecule has 0 atom stereocenters. The minimum atomic E-state index is -0.270. The molecule has 0 spiro atoms. The Kier molecular flexibility index (Phi) is 4.24. The average molecular weight is 228 g/mol. The maximum absolute atomic E-state index is 11.5. The van der Waals surface area contributed by atoms with Crippen molar-refractivity contribution >= 4 is 17.7 Å². The highest BCUT2D eigenvalue weighted by Gasteiger charge is 2.26. The summed E-state index contributed by atoms with van der Waals surface area (Å²) in [5.74, 6) is 4.48. The van der Waals surface area contributed by atoms with Gasteiger partial charge < -0.3 is 9.80 Å². The minimum absolute atomic E-state index is 0.0807. The summed E-state index contributed by atoms with van der Waals surface area (Å²) < 4.78 is 0. The van der Waals surface area contributed by atoms with Gasteiger partial charge in [0.15, 0.2) is 0 Å². The summed E-state index contributed by atoms with van der Waals surface area (Å²) in [6.07, 6.45) is 0.760. The summed E-state index contributed by atoms with van der Waals surface area (Å²) >= 11 is 0. The van der Waals surface area contributed by atoms with E-state index in [1.807, 2.05) is 5.43 Å². The second kappa shape index (κ2) is 5.45. The number of hydrazine groups is 1. The van der Waals surface area contributed by atoms with Gasteiger partial charge in [0.2, 0.25) is 17.7 Å². The number of hydrogen-bond donors (Lipinski definition) is 2. The second-order valence-corrected chi connectivity index (χ2v) is 3.74. The Balaban J connectivity index is 2.34. The Labute approximate surface area is 93.5 Å². The number of nitrogens with zero attached hydrogens (tertiary/aromatic N) is 2. The van der Waals surface area contributed by atoms with E-state index < -0.39 is 0 Å². The van der Waals surface area contributed by atoms with Gasteiger partial charge >= 0.3 is 0 Å². The van der Waals surface area contributed by atoms with Crippen molar-refractivity contribution < 1.29 is 14.4 Å². The van der Waals surface area contributed by atoms with Crippen molar-refractivity contribution in [2.45, 2.75) is 12.8 Å². The molecule has 0 aliphatic carbocycles. The van der Waals surface area contributed by atoms with Gasteiger partial charge in [-0.3, -0.25) is 19.8 Å². The molecule has 0 bridgehead atoms. The van der Waals surface area contributed by atoms with Crippen LogP contribution in [0.25, 0.3) is 0 Å². The lowest BCUT2D eigenvalue weighted by molar-refractivity contribution is -0.148. The third kappa shape index (κ3) is 3.20. The third-order valence-corrected chi connectivity index (χ3v) is 2.47. The molecular weight excluding hydrogens is 212 g/mol. The van der Waals surface area contributed by atoms with Crippen LogP contribution < -0.4 is 11.3 Å². The Hall–Kier alpha value is -1.63. The van der Waals surface area contributed by atoms with E-state index in [9.17, 15) is 14.4 Å². The molecule has 3 N–H and O–H groups in total. The number of nitrogens with one attached hydrogen (secondary N) is 1. The van der Waals surface area contributed by atoms with Crippen molar-refractivity contribution in [3.63, 3.8) is 0 Å². The van der Waals surface area contributed by atoms with E-state index in [0.29, 0.717) is 13.0 Å². The topological polar surface area (TPSA) is 95.7 Å². The Morgan fingerprint density at radius 3 is 2.69 bits per heavy atom. The normalized spacial score (nSPS) is 16.6. The fourth-order valence-corrected chi connectivity index (χ4v) is 1.47.